The van der Waals surface area contributed by atoms with E-state index in [0.717, 1.165) is 12.1 Å². The summed E-state index contributed by atoms with van der Waals surface area (Å²) in [4.78, 5) is 20.7. The largest absolute Gasteiger partial charge is 0.356 e. The van der Waals surface area contributed by atoms with Gasteiger partial charge in [0.1, 0.15) is 0 Å². The monoisotopic (exact) mass is 306 g/mol. The summed E-state index contributed by atoms with van der Waals surface area (Å²) in [6.45, 7) is 2.18. The summed E-state index contributed by atoms with van der Waals surface area (Å²) in [5.74, 6) is -0.307. The molecule has 1 N–H and O–H groups in total. The van der Waals surface area contributed by atoms with Crippen LogP contribution in [0.1, 0.15) is 12.5 Å². The highest BCUT2D eigenvalue weighted by Crippen LogP contribution is 2.27. The van der Waals surface area contributed by atoms with Crippen molar-refractivity contribution in [3.05, 3.63) is 33.9 Å². The molecular weight excluding hydrogens is 296 g/mol. The fraction of sp³-hybridized carbons (Fsp3) is 0.300. The zero-order valence-electron chi connectivity index (χ0n) is 9.92. The van der Waals surface area contributed by atoms with Gasteiger partial charge in [-0.25, -0.2) is 8.42 Å². The third kappa shape index (κ3) is 4.18. The second-order valence-electron chi connectivity index (χ2n) is 3.63. The second-order valence-corrected chi connectivity index (χ2v) is 6.16. The Kier molecular flexibility index (Phi) is 4.84. The normalized spacial score (nSPS) is 11.1. The summed E-state index contributed by atoms with van der Waals surface area (Å²) in [5, 5.41) is 13.3. The van der Waals surface area contributed by atoms with E-state index in [-0.39, 0.29) is 12.3 Å². The van der Waals surface area contributed by atoms with Gasteiger partial charge in [-0.2, -0.15) is 0 Å². The quantitative estimate of drug-likeness (QED) is 0.500. The maximum absolute atomic E-state index is 11.4. The van der Waals surface area contributed by atoms with Crippen LogP contribution in [0, 0.1) is 10.1 Å². The smallest absolute Gasteiger partial charge is 0.289 e. The van der Waals surface area contributed by atoms with E-state index in [2.05, 4.69) is 5.32 Å². The molecule has 0 bridgehead atoms. The first kappa shape index (κ1) is 15.4. The van der Waals surface area contributed by atoms with Crippen molar-refractivity contribution in [3.63, 3.8) is 0 Å². The van der Waals surface area contributed by atoms with E-state index in [1.165, 1.54) is 6.07 Å². The molecule has 1 rings (SSSR count). The number of likely N-dealkylation sites (N-methyl/N-ethyl adjacent to an activating group) is 1. The van der Waals surface area contributed by atoms with Gasteiger partial charge < -0.3 is 5.32 Å². The van der Waals surface area contributed by atoms with Gasteiger partial charge in [-0.1, -0.05) is 6.07 Å². The lowest BCUT2D eigenvalue weighted by atomic mass is 10.1. The molecule has 19 heavy (non-hydrogen) atoms. The third-order valence-electron chi connectivity index (χ3n) is 2.22. The number of nitrogens with one attached hydrogen (secondary N) is 1. The molecule has 1 amide bonds. The highest BCUT2D eigenvalue weighted by Gasteiger charge is 2.24. The fourth-order valence-electron chi connectivity index (χ4n) is 1.47. The fourth-order valence-corrected chi connectivity index (χ4v) is 2.47. The summed E-state index contributed by atoms with van der Waals surface area (Å²) in [7, 11) is 0.900. The summed E-state index contributed by atoms with van der Waals surface area (Å²) in [5.41, 5.74) is -0.307. The molecular formula is C10H11ClN2O5S. The van der Waals surface area contributed by atoms with Crippen LogP contribution in [-0.2, 0) is 20.3 Å². The Morgan fingerprint density at radius 1 is 1.47 bits per heavy atom. The number of amides is 1. The van der Waals surface area contributed by atoms with Crippen LogP contribution in [0.5, 0.6) is 0 Å². The number of nitro benzene ring substituents is 1. The maximum Gasteiger partial charge on any atom is 0.289 e. The number of rotatable bonds is 5. The predicted octanol–water partition coefficient (Wildman–Crippen LogP) is 1.20. The molecule has 0 saturated heterocycles. The van der Waals surface area contributed by atoms with E-state index >= 15 is 0 Å². The van der Waals surface area contributed by atoms with Gasteiger partial charge in [-0.15, -0.1) is 0 Å². The Bertz CT molecular complexity index is 614. The highest BCUT2D eigenvalue weighted by atomic mass is 35.7. The number of hydrogen-bond acceptors (Lipinski definition) is 5. The minimum Gasteiger partial charge on any atom is -0.356 e. The Labute approximate surface area is 114 Å². The second kappa shape index (κ2) is 5.98. The van der Waals surface area contributed by atoms with Gasteiger partial charge in [0.2, 0.25) is 5.91 Å². The summed E-state index contributed by atoms with van der Waals surface area (Å²) in [6.07, 6.45) is -0.0721. The standard InChI is InChI=1S/C10H11ClN2O5S/c1-2-12-10(14)6-7-3-4-9(19(11,17)18)8(5-7)13(15)16/h3-5H,2,6H2,1H3,(H,12,14). The van der Waals surface area contributed by atoms with Gasteiger partial charge in [0.15, 0.2) is 4.90 Å². The van der Waals surface area contributed by atoms with Gasteiger partial charge in [0.25, 0.3) is 14.7 Å². The van der Waals surface area contributed by atoms with Crippen molar-refractivity contribution in [1.29, 1.82) is 0 Å². The maximum atomic E-state index is 11.4. The van der Waals surface area contributed by atoms with Crippen LogP contribution in [0.4, 0.5) is 5.69 Å². The Hall–Kier alpha value is -1.67. The Morgan fingerprint density at radius 3 is 2.58 bits per heavy atom. The van der Waals surface area contributed by atoms with Crippen molar-refractivity contribution >= 4 is 31.3 Å². The van der Waals surface area contributed by atoms with E-state index in [1.807, 2.05) is 0 Å². The molecule has 0 aliphatic rings. The number of carbonyl (C=O) groups is 1. The van der Waals surface area contributed by atoms with Gasteiger partial charge in [0, 0.05) is 23.3 Å². The molecule has 0 aromatic heterocycles. The van der Waals surface area contributed by atoms with E-state index < -0.39 is 24.6 Å². The number of nitro groups is 1. The number of carbonyl (C=O) groups excluding carboxylic acids is 1. The topological polar surface area (TPSA) is 106 Å². The van der Waals surface area contributed by atoms with E-state index in [0.29, 0.717) is 12.1 Å². The summed E-state index contributed by atoms with van der Waals surface area (Å²) in [6, 6.07) is 3.37. The lowest BCUT2D eigenvalue weighted by molar-refractivity contribution is -0.387. The molecule has 104 valence electrons. The lowest BCUT2D eigenvalue weighted by Gasteiger charge is -2.04. The minimum absolute atomic E-state index is 0.0721. The van der Waals surface area contributed by atoms with Gasteiger partial charge >= 0.3 is 0 Å². The SMILES string of the molecule is CCNC(=O)Cc1ccc(S(=O)(=O)Cl)c([N+](=O)[O-])c1. The highest BCUT2D eigenvalue weighted by molar-refractivity contribution is 8.13. The lowest BCUT2D eigenvalue weighted by Crippen LogP contribution is -2.24. The summed E-state index contributed by atoms with van der Waals surface area (Å²) < 4.78 is 22.4. The van der Waals surface area contributed by atoms with E-state index in [1.54, 1.807) is 6.92 Å². The van der Waals surface area contributed by atoms with E-state index in [4.69, 9.17) is 10.7 Å². The molecule has 0 fully saturated rings. The van der Waals surface area contributed by atoms with Crippen LogP contribution in [0.3, 0.4) is 0 Å². The predicted molar refractivity (Wildman–Crippen MR) is 68.5 cm³/mol. The molecule has 0 spiro atoms. The molecule has 0 atom stereocenters. The van der Waals surface area contributed by atoms with Crippen molar-refractivity contribution in [3.8, 4) is 0 Å². The van der Waals surface area contributed by atoms with Crippen molar-refractivity contribution in [1.82, 2.24) is 5.32 Å². The zero-order valence-corrected chi connectivity index (χ0v) is 11.5. The molecule has 0 heterocycles. The Balaban J connectivity index is 3.17. The molecule has 0 unspecified atom stereocenters. The molecule has 1 aromatic carbocycles. The van der Waals surface area contributed by atoms with Crippen molar-refractivity contribution in [2.75, 3.05) is 6.54 Å². The van der Waals surface area contributed by atoms with Gasteiger partial charge in [-0.05, 0) is 18.6 Å². The van der Waals surface area contributed by atoms with Crippen molar-refractivity contribution < 1.29 is 18.1 Å². The van der Waals surface area contributed by atoms with Crippen molar-refractivity contribution in [2.24, 2.45) is 0 Å². The minimum atomic E-state index is -4.20. The number of nitrogens with zero attached hydrogens (tertiary/aromatic N) is 1. The van der Waals surface area contributed by atoms with E-state index in [9.17, 15) is 23.3 Å². The average molecular weight is 307 g/mol. The van der Waals surface area contributed by atoms with Crippen LogP contribution in [0.2, 0.25) is 0 Å². The molecule has 0 saturated carbocycles. The number of benzene rings is 1. The molecule has 7 nitrogen and oxygen atoms in total. The number of halogens is 1. The first-order valence-corrected chi connectivity index (χ1v) is 7.55. The molecule has 0 aliphatic carbocycles. The van der Waals surface area contributed by atoms with Crippen LogP contribution in [0.15, 0.2) is 23.1 Å². The summed E-state index contributed by atoms with van der Waals surface area (Å²) >= 11 is 0. The first-order valence-electron chi connectivity index (χ1n) is 5.24. The number of hydrogen-bond donors (Lipinski definition) is 1. The van der Waals surface area contributed by atoms with Crippen molar-refractivity contribution in [2.45, 2.75) is 18.2 Å². The van der Waals surface area contributed by atoms with Gasteiger partial charge in [0.05, 0.1) is 11.3 Å². The Morgan fingerprint density at radius 2 is 2.11 bits per heavy atom. The third-order valence-corrected chi connectivity index (χ3v) is 3.59. The van der Waals surface area contributed by atoms with Crippen LogP contribution in [0.25, 0.3) is 0 Å². The molecule has 0 aliphatic heterocycles. The van der Waals surface area contributed by atoms with Crippen LogP contribution < -0.4 is 5.32 Å². The average Bonchev–Trinajstić information content (AvgIpc) is 2.27. The zero-order chi connectivity index (χ0) is 14.6. The molecule has 9 heteroatoms. The van der Waals surface area contributed by atoms with Crippen LogP contribution >= 0.6 is 10.7 Å². The van der Waals surface area contributed by atoms with Gasteiger partial charge in [-0.3, -0.25) is 14.9 Å². The molecule has 1 aromatic rings. The first-order chi connectivity index (χ1) is 8.75. The molecule has 0 radical (unpaired) electrons. The van der Waals surface area contributed by atoms with Crippen LogP contribution in [-0.4, -0.2) is 25.8 Å².